The van der Waals surface area contributed by atoms with Gasteiger partial charge in [0.15, 0.2) is 5.16 Å². The number of imidazole rings is 1. The van der Waals surface area contributed by atoms with Crippen LogP contribution in [0.1, 0.15) is 5.89 Å². The van der Waals surface area contributed by atoms with E-state index in [-0.39, 0.29) is 0 Å². The molecule has 2 aromatic carbocycles. The number of benzene rings is 2. The molecule has 0 aliphatic heterocycles. The van der Waals surface area contributed by atoms with Crippen LogP contribution in [-0.4, -0.2) is 41.4 Å². The molecular formula is C19H18N4O4S. The number of H-pyrrole nitrogens is 1. The van der Waals surface area contributed by atoms with Crippen molar-refractivity contribution in [2.75, 3.05) is 21.3 Å². The largest absolute Gasteiger partial charge is 0.497 e. The highest BCUT2D eigenvalue weighted by Crippen LogP contribution is 2.36. The fourth-order valence-electron chi connectivity index (χ4n) is 2.78. The summed E-state index contributed by atoms with van der Waals surface area (Å²) in [7, 11) is 4.81. The number of hydrogen-bond acceptors (Lipinski definition) is 8. The number of methoxy groups -OCH3 is 3. The zero-order chi connectivity index (χ0) is 19.5. The number of nitrogens with one attached hydrogen (secondary N) is 1. The molecule has 0 atom stereocenters. The van der Waals surface area contributed by atoms with Crippen molar-refractivity contribution in [1.29, 1.82) is 0 Å². The van der Waals surface area contributed by atoms with Crippen LogP contribution in [0.25, 0.3) is 22.4 Å². The van der Waals surface area contributed by atoms with Gasteiger partial charge in [-0.25, -0.2) is 4.98 Å². The Labute approximate surface area is 165 Å². The number of hydrogen-bond donors (Lipinski definition) is 1. The minimum absolute atomic E-state index is 0.416. The van der Waals surface area contributed by atoms with Gasteiger partial charge in [0.1, 0.15) is 22.8 Å². The van der Waals surface area contributed by atoms with Crippen molar-refractivity contribution in [2.24, 2.45) is 0 Å². The monoisotopic (exact) mass is 398 g/mol. The maximum Gasteiger partial charge on any atom is 0.237 e. The summed E-state index contributed by atoms with van der Waals surface area (Å²) in [5.74, 6) is 3.38. The number of aromatic nitrogens is 4. The van der Waals surface area contributed by atoms with Gasteiger partial charge in [0.2, 0.25) is 11.7 Å². The van der Waals surface area contributed by atoms with E-state index in [0.29, 0.717) is 34.5 Å². The summed E-state index contributed by atoms with van der Waals surface area (Å²) >= 11 is 1.47. The highest BCUT2D eigenvalue weighted by Gasteiger charge is 2.18. The van der Waals surface area contributed by atoms with Crippen molar-refractivity contribution in [1.82, 2.24) is 20.1 Å². The molecule has 0 bridgehead atoms. The standard InChI is InChI=1S/C19H18N4O4S/c1-24-11-7-8-12-13(9-11)21-19(20-12)28-10-16-22-18(23-27-16)17-14(25-2)5-4-6-15(17)26-3/h4-9H,10H2,1-3H3,(H,20,21). The maximum atomic E-state index is 5.40. The Morgan fingerprint density at radius 1 is 1.00 bits per heavy atom. The summed E-state index contributed by atoms with van der Waals surface area (Å²) in [6.45, 7) is 0. The Bertz CT molecular complexity index is 1090. The van der Waals surface area contributed by atoms with Crippen LogP contribution < -0.4 is 14.2 Å². The maximum absolute atomic E-state index is 5.40. The first-order chi connectivity index (χ1) is 13.7. The van der Waals surface area contributed by atoms with Gasteiger partial charge in [0.05, 0.1) is 38.1 Å². The van der Waals surface area contributed by atoms with Crippen LogP contribution in [0.2, 0.25) is 0 Å². The summed E-state index contributed by atoms with van der Waals surface area (Å²) in [5, 5.41) is 4.84. The highest BCUT2D eigenvalue weighted by atomic mass is 32.2. The zero-order valence-corrected chi connectivity index (χ0v) is 16.4. The van der Waals surface area contributed by atoms with Gasteiger partial charge in [-0.15, -0.1) is 0 Å². The van der Waals surface area contributed by atoms with Crippen molar-refractivity contribution in [3.63, 3.8) is 0 Å². The van der Waals surface area contributed by atoms with Crippen molar-refractivity contribution in [2.45, 2.75) is 10.9 Å². The first-order valence-corrected chi connectivity index (χ1v) is 9.41. The molecule has 0 spiro atoms. The molecule has 1 N–H and O–H groups in total. The summed E-state index contributed by atoms with van der Waals surface area (Å²) in [6.07, 6.45) is 0. The van der Waals surface area contributed by atoms with E-state index in [9.17, 15) is 0 Å². The van der Waals surface area contributed by atoms with Gasteiger partial charge in [-0.1, -0.05) is 23.0 Å². The van der Waals surface area contributed by atoms with Crippen LogP contribution in [0, 0.1) is 0 Å². The van der Waals surface area contributed by atoms with E-state index in [1.165, 1.54) is 11.8 Å². The second kappa shape index (κ2) is 7.81. The fraction of sp³-hybridized carbons (Fsp3) is 0.211. The second-order valence-corrected chi connectivity index (χ2v) is 6.73. The van der Waals surface area contributed by atoms with E-state index < -0.39 is 0 Å². The van der Waals surface area contributed by atoms with Gasteiger partial charge >= 0.3 is 0 Å². The minimum Gasteiger partial charge on any atom is -0.497 e. The van der Waals surface area contributed by atoms with Gasteiger partial charge < -0.3 is 23.7 Å². The Balaban J connectivity index is 1.53. The van der Waals surface area contributed by atoms with Crippen LogP contribution >= 0.6 is 11.8 Å². The van der Waals surface area contributed by atoms with E-state index in [1.807, 2.05) is 36.4 Å². The highest BCUT2D eigenvalue weighted by molar-refractivity contribution is 7.98. The average Bonchev–Trinajstić information content (AvgIpc) is 3.37. The van der Waals surface area contributed by atoms with Crippen molar-refractivity contribution >= 4 is 22.8 Å². The van der Waals surface area contributed by atoms with Crippen molar-refractivity contribution in [3.05, 3.63) is 42.3 Å². The number of nitrogens with zero attached hydrogens (tertiary/aromatic N) is 3. The predicted octanol–water partition coefficient (Wildman–Crippen LogP) is 3.93. The lowest BCUT2D eigenvalue weighted by atomic mass is 10.1. The Morgan fingerprint density at radius 3 is 2.50 bits per heavy atom. The molecule has 144 valence electrons. The number of thioether (sulfide) groups is 1. The topological polar surface area (TPSA) is 95.3 Å². The molecule has 4 rings (SSSR count). The van der Waals surface area contributed by atoms with E-state index in [4.69, 9.17) is 18.7 Å². The molecule has 4 aromatic rings. The van der Waals surface area contributed by atoms with Gasteiger partial charge in [0, 0.05) is 6.07 Å². The molecule has 0 saturated heterocycles. The quantitative estimate of drug-likeness (QED) is 0.468. The molecule has 2 aromatic heterocycles. The summed E-state index contributed by atoms with van der Waals surface area (Å²) in [5.41, 5.74) is 2.43. The van der Waals surface area contributed by atoms with E-state index in [0.717, 1.165) is 21.9 Å². The molecule has 0 fully saturated rings. The van der Waals surface area contributed by atoms with E-state index in [1.54, 1.807) is 21.3 Å². The second-order valence-electron chi connectivity index (χ2n) is 5.76. The van der Waals surface area contributed by atoms with Crippen molar-refractivity contribution < 1.29 is 18.7 Å². The molecule has 28 heavy (non-hydrogen) atoms. The number of aromatic amines is 1. The van der Waals surface area contributed by atoms with Crippen LogP contribution in [0.3, 0.4) is 0 Å². The summed E-state index contributed by atoms with van der Waals surface area (Å²) < 4.78 is 21.4. The number of rotatable bonds is 7. The van der Waals surface area contributed by atoms with E-state index >= 15 is 0 Å². The molecule has 9 heteroatoms. The van der Waals surface area contributed by atoms with Crippen LogP contribution in [0.15, 0.2) is 46.1 Å². The van der Waals surface area contributed by atoms with Gasteiger partial charge in [0.25, 0.3) is 0 Å². The lowest BCUT2D eigenvalue weighted by Crippen LogP contribution is -1.94. The van der Waals surface area contributed by atoms with Gasteiger partial charge in [-0.2, -0.15) is 4.98 Å². The molecule has 8 nitrogen and oxygen atoms in total. The lowest BCUT2D eigenvalue weighted by molar-refractivity contribution is 0.385. The summed E-state index contributed by atoms with van der Waals surface area (Å²) in [4.78, 5) is 12.3. The molecule has 0 unspecified atom stereocenters. The lowest BCUT2D eigenvalue weighted by Gasteiger charge is -2.09. The third-order valence-corrected chi connectivity index (χ3v) is 4.98. The van der Waals surface area contributed by atoms with Crippen LogP contribution in [-0.2, 0) is 5.75 Å². The average molecular weight is 398 g/mol. The first kappa shape index (κ1) is 18.2. The van der Waals surface area contributed by atoms with Crippen molar-refractivity contribution in [3.8, 4) is 28.6 Å². The number of ether oxygens (including phenoxy) is 3. The predicted molar refractivity (Wildman–Crippen MR) is 105 cm³/mol. The molecular weight excluding hydrogens is 380 g/mol. The minimum atomic E-state index is 0.416. The normalized spacial score (nSPS) is 11.0. The molecule has 0 aliphatic rings. The smallest absolute Gasteiger partial charge is 0.237 e. The molecule has 0 amide bonds. The van der Waals surface area contributed by atoms with E-state index in [2.05, 4.69) is 20.1 Å². The van der Waals surface area contributed by atoms with Gasteiger partial charge in [-0.3, -0.25) is 0 Å². The third kappa shape index (κ3) is 3.48. The Morgan fingerprint density at radius 2 is 1.79 bits per heavy atom. The zero-order valence-electron chi connectivity index (χ0n) is 15.6. The molecule has 0 radical (unpaired) electrons. The third-order valence-electron chi connectivity index (χ3n) is 4.12. The Hall–Kier alpha value is -3.20. The fourth-order valence-corrected chi connectivity index (χ4v) is 3.50. The number of fused-ring (bicyclic) bond motifs is 1. The Kier molecular flexibility index (Phi) is 5.07. The molecule has 0 aliphatic carbocycles. The van der Waals surface area contributed by atoms with Crippen LogP contribution in [0.5, 0.6) is 17.2 Å². The SMILES string of the molecule is COc1ccc2nc(SCc3nc(-c4c(OC)cccc4OC)no3)[nH]c2c1. The summed E-state index contributed by atoms with van der Waals surface area (Å²) in [6, 6.07) is 11.2. The van der Waals surface area contributed by atoms with Gasteiger partial charge in [-0.05, 0) is 24.3 Å². The first-order valence-electron chi connectivity index (χ1n) is 8.42. The molecule has 0 saturated carbocycles. The van der Waals surface area contributed by atoms with Crippen LogP contribution in [0.4, 0.5) is 0 Å². The molecule has 2 heterocycles.